The van der Waals surface area contributed by atoms with Gasteiger partial charge in [-0.2, -0.15) is 16.6 Å². The Bertz CT molecular complexity index is 1130. The number of thiophene rings is 1. The Labute approximate surface area is 197 Å². The second kappa shape index (κ2) is 11.8. The monoisotopic (exact) mass is 463 g/mol. The van der Waals surface area contributed by atoms with Gasteiger partial charge in [0, 0.05) is 18.1 Å². The van der Waals surface area contributed by atoms with E-state index in [1.807, 2.05) is 22.9 Å². The minimum absolute atomic E-state index is 0.113. The van der Waals surface area contributed by atoms with Crippen molar-refractivity contribution >= 4 is 23.1 Å². The predicted octanol–water partition coefficient (Wildman–Crippen LogP) is 5.86. The minimum Gasteiger partial charge on any atom is -0.489 e. The Morgan fingerprint density at radius 2 is 1.97 bits per heavy atom. The van der Waals surface area contributed by atoms with Crippen molar-refractivity contribution in [1.29, 1.82) is 5.26 Å². The maximum absolute atomic E-state index is 12.3. The summed E-state index contributed by atoms with van der Waals surface area (Å²) in [4.78, 5) is 24.3. The summed E-state index contributed by atoms with van der Waals surface area (Å²) in [6, 6.07) is 16.3. The molecule has 3 aromatic rings. The molecule has 0 radical (unpaired) electrons. The van der Waals surface area contributed by atoms with E-state index < -0.39 is 6.10 Å². The molecule has 0 spiro atoms. The molecule has 1 atom stereocenters. The van der Waals surface area contributed by atoms with Gasteiger partial charge in [-0.1, -0.05) is 18.2 Å². The van der Waals surface area contributed by atoms with E-state index in [0.29, 0.717) is 34.8 Å². The molecule has 7 heteroatoms. The van der Waals surface area contributed by atoms with Crippen LogP contribution in [0.5, 0.6) is 11.5 Å². The van der Waals surface area contributed by atoms with Gasteiger partial charge in [0.2, 0.25) is 0 Å². The van der Waals surface area contributed by atoms with Crippen LogP contribution in [0, 0.1) is 11.3 Å². The molecule has 1 unspecified atom stereocenters. The van der Waals surface area contributed by atoms with Crippen molar-refractivity contribution in [3.05, 3.63) is 81.5 Å². The number of hydrogen-bond donors (Lipinski definition) is 0. The van der Waals surface area contributed by atoms with Crippen LogP contribution in [0.4, 0.5) is 0 Å². The largest absolute Gasteiger partial charge is 0.489 e. The molecule has 6 nitrogen and oxygen atoms in total. The van der Waals surface area contributed by atoms with Crippen LogP contribution >= 0.6 is 11.3 Å². The van der Waals surface area contributed by atoms with Crippen molar-refractivity contribution < 1.29 is 23.8 Å². The Morgan fingerprint density at radius 1 is 1.15 bits per heavy atom. The maximum atomic E-state index is 12.3. The normalized spacial score (nSPS) is 11.3. The van der Waals surface area contributed by atoms with E-state index in [4.69, 9.17) is 14.2 Å². The van der Waals surface area contributed by atoms with E-state index in [0.717, 1.165) is 5.56 Å². The number of esters is 1. The number of nitrogens with zero attached hydrogens (tertiary/aromatic N) is 1. The Hall–Kier alpha value is -3.63. The third-order valence-electron chi connectivity index (χ3n) is 4.93. The quantitative estimate of drug-likeness (QED) is 0.261. The predicted molar refractivity (Wildman–Crippen MR) is 125 cm³/mol. The molecular formula is C26H25NO5S. The number of Topliss-reactive ketones (excluding diaryl/α,β-unsaturated/α-hetero) is 1. The van der Waals surface area contributed by atoms with E-state index in [-0.39, 0.29) is 31.2 Å². The molecule has 0 N–H and O–H groups in total. The van der Waals surface area contributed by atoms with Crippen LogP contribution < -0.4 is 9.47 Å². The molecule has 0 aliphatic rings. The van der Waals surface area contributed by atoms with Gasteiger partial charge >= 0.3 is 5.97 Å². The summed E-state index contributed by atoms with van der Waals surface area (Å²) < 4.78 is 17.2. The van der Waals surface area contributed by atoms with Crippen LogP contribution in [0.15, 0.2) is 59.3 Å². The fourth-order valence-electron chi connectivity index (χ4n) is 3.32. The van der Waals surface area contributed by atoms with Crippen LogP contribution in [0.25, 0.3) is 0 Å². The second-order valence-corrected chi connectivity index (χ2v) is 8.06. The third kappa shape index (κ3) is 6.67. The van der Waals surface area contributed by atoms with Gasteiger partial charge in [0.05, 0.1) is 23.8 Å². The Balaban J connectivity index is 1.90. The molecule has 1 heterocycles. The summed E-state index contributed by atoms with van der Waals surface area (Å²) in [5.41, 5.74) is 2.53. The lowest BCUT2D eigenvalue weighted by Crippen LogP contribution is -2.14. The number of carbonyl (C=O) groups is 2. The summed E-state index contributed by atoms with van der Waals surface area (Å²) in [6.45, 7) is 3.89. The summed E-state index contributed by atoms with van der Waals surface area (Å²) in [5.74, 6) is 0.387. The second-order valence-electron chi connectivity index (χ2n) is 7.28. The summed E-state index contributed by atoms with van der Waals surface area (Å²) in [5, 5.41) is 13.6. The first-order valence-electron chi connectivity index (χ1n) is 10.6. The zero-order valence-corrected chi connectivity index (χ0v) is 19.4. The van der Waals surface area contributed by atoms with Gasteiger partial charge in [0.1, 0.15) is 24.2 Å². The highest BCUT2D eigenvalue weighted by Crippen LogP contribution is 2.33. The molecule has 170 valence electrons. The number of benzene rings is 2. The molecule has 1 aromatic heterocycles. The molecule has 0 aliphatic carbocycles. The van der Waals surface area contributed by atoms with Crippen LogP contribution in [0.2, 0.25) is 0 Å². The molecule has 2 aromatic carbocycles. The van der Waals surface area contributed by atoms with Gasteiger partial charge in [-0.15, -0.1) is 0 Å². The molecule has 0 aliphatic heterocycles. The van der Waals surface area contributed by atoms with E-state index in [9.17, 15) is 14.9 Å². The number of nitriles is 1. The molecule has 0 amide bonds. The molecule has 0 bridgehead atoms. The summed E-state index contributed by atoms with van der Waals surface area (Å²) >= 11 is 1.59. The highest BCUT2D eigenvalue weighted by Gasteiger charge is 2.22. The van der Waals surface area contributed by atoms with Crippen LogP contribution in [0.1, 0.15) is 59.8 Å². The molecular weight excluding hydrogens is 438 g/mol. The number of ether oxygens (including phenoxy) is 3. The van der Waals surface area contributed by atoms with Gasteiger partial charge in [-0.3, -0.25) is 9.59 Å². The zero-order chi connectivity index (χ0) is 23.6. The number of ketones is 1. The number of carbonyl (C=O) groups excluding carboxylic acids is 2. The van der Waals surface area contributed by atoms with Crippen LogP contribution in [-0.4, -0.2) is 18.4 Å². The van der Waals surface area contributed by atoms with Crippen molar-refractivity contribution in [2.24, 2.45) is 0 Å². The lowest BCUT2D eigenvalue weighted by molar-refractivity contribution is -0.143. The van der Waals surface area contributed by atoms with Crippen molar-refractivity contribution in [1.82, 2.24) is 0 Å². The van der Waals surface area contributed by atoms with E-state index in [2.05, 4.69) is 6.07 Å². The fraction of sp³-hybridized carbons (Fsp3) is 0.269. The average Bonchev–Trinajstić information content (AvgIpc) is 3.34. The smallest absolute Gasteiger partial charge is 0.305 e. The van der Waals surface area contributed by atoms with Gasteiger partial charge in [-0.25, -0.2) is 0 Å². The van der Waals surface area contributed by atoms with Gasteiger partial charge < -0.3 is 14.2 Å². The lowest BCUT2D eigenvalue weighted by atomic mass is 9.99. The van der Waals surface area contributed by atoms with Gasteiger partial charge in [-0.05, 0) is 60.9 Å². The minimum atomic E-state index is -0.629. The van der Waals surface area contributed by atoms with E-state index in [1.165, 1.54) is 6.92 Å². The van der Waals surface area contributed by atoms with Crippen molar-refractivity contribution in [3.8, 4) is 17.6 Å². The van der Waals surface area contributed by atoms with Crippen LogP contribution in [0.3, 0.4) is 0 Å². The number of hydrogen-bond acceptors (Lipinski definition) is 7. The van der Waals surface area contributed by atoms with Crippen molar-refractivity contribution in [2.45, 2.75) is 39.4 Å². The van der Waals surface area contributed by atoms with Crippen LogP contribution in [-0.2, 0) is 16.1 Å². The maximum Gasteiger partial charge on any atom is 0.305 e. The molecule has 0 saturated carbocycles. The standard InChI is InChI=1S/C26H25NO5S/c1-3-30-26(29)11-10-24(23-7-5-4-6-20(23)15-27)32-25-14-21(8-9-22(25)18(2)28)31-16-19-12-13-33-17-19/h4-9,12-14,17,24H,3,10-11,16H2,1-2H3. The first-order chi connectivity index (χ1) is 16.0. The zero-order valence-electron chi connectivity index (χ0n) is 18.6. The Kier molecular flexibility index (Phi) is 8.62. The first kappa shape index (κ1) is 24.0. The average molecular weight is 464 g/mol. The SMILES string of the molecule is CCOC(=O)CCC(Oc1cc(OCc2ccsc2)ccc1C(C)=O)c1ccccc1C#N. The van der Waals surface area contributed by atoms with Gasteiger partial charge in [0.15, 0.2) is 5.78 Å². The molecule has 33 heavy (non-hydrogen) atoms. The molecule has 3 rings (SSSR count). The highest BCUT2D eigenvalue weighted by atomic mass is 32.1. The fourth-order valence-corrected chi connectivity index (χ4v) is 3.97. The van der Waals surface area contributed by atoms with E-state index >= 15 is 0 Å². The summed E-state index contributed by atoms with van der Waals surface area (Å²) in [7, 11) is 0. The van der Waals surface area contributed by atoms with Gasteiger partial charge in [0.25, 0.3) is 0 Å². The highest BCUT2D eigenvalue weighted by molar-refractivity contribution is 7.07. The van der Waals surface area contributed by atoms with E-state index in [1.54, 1.807) is 54.7 Å². The Morgan fingerprint density at radius 3 is 2.67 bits per heavy atom. The van der Waals surface area contributed by atoms with Crippen molar-refractivity contribution in [3.63, 3.8) is 0 Å². The molecule has 0 saturated heterocycles. The number of rotatable bonds is 11. The lowest BCUT2D eigenvalue weighted by Gasteiger charge is -2.22. The topological polar surface area (TPSA) is 85.6 Å². The van der Waals surface area contributed by atoms with Crippen molar-refractivity contribution in [2.75, 3.05) is 6.61 Å². The summed E-state index contributed by atoms with van der Waals surface area (Å²) in [6.07, 6.45) is -0.230. The molecule has 0 fully saturated rings. The first-order valence-corrected chi connectivity index (χ1v) is 11.6. The third-order valence-corrected chi connectivity index (χ3v) is 5.66.